The minimum atomic E-state index is -0.984. The molecule has 5 nitrogen and oxygen atoms in total. The SMILES string of the molecule is CC(C)CN(CC(C)C)C(=O)COc1csc(C(=O)O)c1. The molecule has 0 aromatic carbocycles. The first-order valence-electron chi connectivity index (χ1n) is 7.02. The molecular formula is C15H23NO4S. The second-order valence-corrected chi connectivity index (χ2v) is 6.74. The maximum atomic E-state index is 12.2. The van der Waals surface area contributed by atoms with Crippen molar-refractivity contribution in [2.45, 2.75) is 27.7 Å². The average Bonchev–Trinajstić information content (AvgIpc) is 2.82. The fraction of sp³-hybridized carbons (Fsp3) is 0.600. The Bertz CT molecular complexity index is 472. The summed E-state index contributed by atoms with van der Waals surface area (Å²) in [7, 11) is 0. The highest BCUT2D eigenvalue weighted by Gasteiger charge is 2.17. The van der Waals surface area contributed by atoms with E-state index in [9.17, 15) is 9.59 Å². The fourth-order valence-electron chi connectivity index (χ4n) is 1.90. The summed E-state index contributed by atoms with van der Waals surface area (Å²) < 4.78 is 5.40. The average molecular weight is 313 g/mol. The van der Waals surface area contributed by atoms with Crippen molar-refractivity contribution < 1.29 is 19.4 Å². The number of carbonyl (C=O) groups excluding carboxylic acids is 1. The summed E-state index contributed by atoms with van der Waals surface area (Å²) in [5.74, 6) is 0.169. The lowest BCUT2D eigenvalue weighted by molar-refractivity contribution is -0.134. The van der Waals surface area contributed by atoms with Crippen molar-refractivity contribution in [3.05, 3.63) is 16.3 Å². The first-order chi connectivity index (χ1) is 9.79. The smallest absolute Gasteiger partial charge is 0.346 e. The highest BCUT2D eigenvalue weighted by Crippen LogP contribution is 2.21. The molecule has 0 aliphatic carbocycles. The van der Waals surface area contributed by atoms with Gasteiger partial charge in [0.05, 0.1) is 0 Å². The molecule has 1 N–H and O–H groups in total. The zero-order chi connectivity index (χ0) is 16.0. The second kappa shape index (κ2) is 8.02. The van der Waals surface area contributed by atoms with Crippen LogP contribution in [0.1, 0.15) is 37.4 Å². The normalized spacial score (nSPS) is 11.0. The first-order valence-corrected chi connectivity index (χ1v) is 7.90. The summed E-state index contributed by atoms with van der Waals surface area (Å²) in [5, 5.41) is 10.4. The van der Waals surface area contributed by atoms with Crippen LogP contribution in [0.5, 0.6) is 5.75 Å². The maximum Gasteiger partial charge on any atom is 0.346 e. The fourth-order valence-corrected chi connectivity index (χ4v) is 2.57. The van der Waals surface area contributed by atoms with Gasteiger partial charge in [0, 0.05) is 24.5 Å². The molecule has 1 rings (SSSR count). The van der Waals surface area contributed by atoms with Crippen molar-refractivity contribution in [1.29, 1.82) is 0 Å². The molecule has 0 spiro atoms. The van der Waals surface area contributed by atoms with Crippen LogP contribution in [0.2, 0.25) is 0 Å². The number of aromatic carboxylic acids is 1. The van der Waals surface area contributed by atoms with E-state index in [0.717, 1.165) is 11.3 Å². The molecule has 1 amide bonds. The number of amides is 1. The molecule has 0 fully saturated rings. The lowest BCUT2D eigenvalue weighted by Crippen LogP contribution is -2.39. The Morgan fingerprint density at radius 2 is 1.81 bits per heavy atom. The first kappa shape index (κ1) is 17.5. The topological polar surface area (TPSA) is 66.8 Å². The van der Waals surface area contributed by atoms with Gasteiger partial charge in [-0.1, -0.05) is 27.7 Å². The summed E-state index contributed by atoms with van der Waals surface area (Å²) >= 11 is 1.09. The lowest BCUT2D eigenvalue weighted by atomic mass is 10.1. The maximum absolute atomic E-state index is 12.2. The molecule has 0 saturated heterocycles. The second-order valence-electron chi connectivity index (χ2n) is 5.83. The van der Waals surface area contributed by atoms with Crippen LogP contribution in [0, 0.1) is 11.8 Å². The number of carbonyl (C=O) groups is 2. The predicted molar refractivity (Wildman–Crippen MR) is 83.0 cm³/mol. The van der Waals surface area contributed by atoms with E-state index >= 15 is 0 Å². The van der Waals surface area contributed by atoms with Crippen molar-refractivity contribution >= 4 is 23.2 Å². The van der Waals surface area contributed by atoms with Crippen LogP contribution in [-0.2, 0) is 4.79 Å². The van der Waals surface area contributed by atoms with E-state index in [1.807, 2.05) is 0 Å². The molecule has 1 aromatic rings. The number of carboxylic acids is 1. The molecular weight excluding hydrogens is 290 g/mol. The third-order valence-corrected chi connectivity index (χ3v) is 3.57. The zero-order valence-electron chi connectivity index (χ0n) is 13.0. The van der Waals surface area contributed by atoms with Gasteiger partial charge in [-0.2, -0.15) is 0 Å². The van der Waals surface area contributed by atoms with E-state index in [2.05, 4.69) is 27.7 Å². The minimum absolute atomic E-state index is 0.0603. The van der Waals surface area contributed by atoms with E-state index in [1.54, 1.807) is 10.3 Å². The molecule has 0 atom stereocenters. The van der Waals surface area contributed by atoms with Crippen LogP contribution >= 0.6 is 11.3 Å². The third kappa shape index (κ3) is 6.16. The van der Waals surface area contributed by atoms with Gasteiger partial charge < -0.3 is 14.7 Å². The van der Waals surface area contributed by atoms with E-state index in [1.165, 1.54) is 6.07 Å². The van der Waals surface area contributed by atoms with Crippen molar-refractivity contribution in [1.82, 2.24) is 4.90 Å². The Hall–Kier alpha value is -1.56. The molecule has 118 valence electrons. The molecule has 0 radical (unpaired) electrons. The van der Waals surface area contributed by atoms with Crippen molar-refractivity contribution in [3.8, 4) is 5.75 Å². The van der Waals surface area contributed by atoms with Gasteiger partial charge in [-0.3, -0.25) is 4.79 Å². The van der Waals surface area contributed by atoms with E-state index in [-0.39, 0.29) is 17.4 Å². The van der Waals surface area contributed by atoms with E-state index in [4.69, 9.17) is 9.84 Å². The summed E-state index contributed by atoms with van der Waals surface area (Å²) in [4.78, 5) is 25.0. The van der Waals surface area contributed by atoms with E-state index in [0.29, 0.717) is 30.7 Å². The Balaban J connectivity index is 2.57. The van der Waals surface area contributed by atoms with Gasteiger partial charge in [-0.25, -0.2) is 4.79 Å². The summed E-state index contributed by atoms with van der Waals surface area (Å²) in [6, 6.07) is 1.44. The van der Waals surface area contributed by atoms with Crippen molar-refractivity contribution in [3.63, 3.8) is 0 Å². The Labute approximate surface area is 129 Å². The monoisotopic (exact) mass is 313 g/mol. The molecule has 1 aromatic heterocycles. The lowest BCUT2D eigenvalue weighted by Gasteiger charge is -2.26. The van der Waals surface area contributed by atoms with Crippen LogP contribution < -0.4 is 4.74 Å². The number of carboxylic acid groups (broad SMARTS) is 1. The number of thiophene rings is 1. The molecule has 21 heavy (non-hydrogen) atoms. The number of hydrogen-bond acceptors (Lipinski definition) is 4. The molecule has 6 heteroatoms. The standard InChI is InChI=1S/C15H23NO4S/c1-10(2)6-16(7-11(3)4)14(17)8-20-12-5-13(15(18)19)21-9-12/h5,9-11H,6-8H2,1-4H3,(H,18,19). The van der Waals surface area contributed by atoms with Crippen molar-refractivity contribution in [2.75, 3.05) is 19.7 Å². The van der Waals surface area contributed by atoms with Gasteiger partial charge in [0.25, 0.3) is 5.91 Å². The van der Waals surface area contributed by atoms with Gasteiger partial charge in [0.15, 0.2) is 6.61 Å². The summed E-state index contributed by atoms with van der Waals surface area (Å²) in [6.45, 7) is 9.61. The molecule has 0 aliphatic heterocycles. The van der Waals surface area contributed by atoms with Crippen LogP contribution in [0.15, 0.2) is 11.4 Å². The van der Waals surface area contributed by atoms with Gasteiger partial charge in [-0.15, -0.1) is 11.3 Å². The Morgan fingerprint density at radius 1 is 1.24 bits per heavy atom. The van der Waals surface area contributed by atoms with Crippen LogP contribution in [-0.4, -0.2) is 41.6 Å². The number of ether oxygens (including phenoxy) is 1. The Morgan fingerprint density at radius 3 is 2.24 bits per heavy atom. The Kier molecular flexibility index (Phi) is 6.68. The number of nitrogens with zero attached hydrogens (tertiary/aromatic N) is 1. The molecule has 0 unspecified atom stereocenters. The highest BCUT2D eigenvalue weighted by atomic mass is 32.1. The van der Waals surface area contributed by atoms with Gasteiger partial charge >= 0.3 is 5.97 Å². The van der Waals surface area contributed by atoms with Crippen LogP contribution in [0.25, 0.3) is 0 Å². The highest BCUT2D eigenvalue weighted by molar-refractivity contribution is 7.12. The molecule has 1 heterocycles. The van der Waals surface area contributed by atoms with Crippen LogP contribution in [0.4, 0.5) is 0 Å². The zero-order valence-corrected chi connectivity index (χ0v) is 13.8. The summed E-state index contributed by atoms with van der Waals surface area (Å²) in [6.07, 6.45) is 0. The van der Waals surface area contributed by atoms with Crippen molar-refractivity contribution in [2.24, 2.45) is 11.8 Å². The van der Waals surface area contributed by atoms with Crippen LogP contribution in [0.3, 0.4) is 0 Å². The van der Waals surface area contributed by atoms with E-state index < -0.39 is 5.97 Å². The quantitative estimate of drug-likeness (QED) is 0.801. The predicted octanol–water partition coefficient (Wildman–Crippen LogP) is 2.97. The van der Waals surface area contributed by atoms with Gasteiger partial charge in [0.1, 0.15) is 10.6 Å². The molecule has 0 saturated carbocycles. The number of hydrogen-bond donors (Lipinski definition) is 1. The minimum Gasteiger partial charge on any atom is -0.483 e. The summed E-state index contributed by atoms with van der Waals surface area (Å²) in [5.41, 5.74) is 0. The van der Waals surface area contributed by atoms with Gasteiger partial charge in [-0.05, 0) is 11.8 Å². The largest absolute Gasteiger partial charge is 0.483 e. The third-order valence-electron chi connectivity index (χ3n) is 2.67. The molecule has 0 aliphatic rings. The van der Waals surface area contributed by atoms with Gasteiger partial charge in [0.2, 0.25) is 0 Å². The molecule has 0 bridgehead atoms. The number of rotatable bonds is 8.